The number of benzene rings is 1. The van der Waals surface area contributed by atoms with Crippen molar-refractivity contribution >= 4 is 28.7 Å². The Bertz CT molecular complexity index is 1620. The molecule has 1 aromatic carbocycles. The molecule has 12 nitrogen and oxygen atoms in total. The molecule has 2 aliphatic heterocycles. The number of carboxylic acid groups (broad SMARTS) is 1. The van der Waals surface area contributed by atoms with E-state index in [9.17, 15) is 20.0 Å². The number of likely N-dealkylation sites (tertiary alicyclic amines) is 2. The molecule has 40 heavy (non-hydrogen) atoms. The maximum atomic E-state index is 13.0. The SMILES string of the molecule is Cc1cccc(C(=O)O)c1NC(=O)N1CCC(N2CC(CC#N)(n3cc(-c4ncnc5[nH]ccc45)cn3)C2)CC1. The summed E-state index contributed by atoms with van der Waals surface area (Å²) < 4.78 is 1.91. The second-order valence-electron chi connectivity index (χ2n) is 10.6. The number of hydrogen-bond donors (Lipinski definition) is 3. The molecule has 0 unspecified atom stereocenters. The number of nitrogens with zero attached hydrogens (tertiary/aromatic N) is 7. The second kappa shape index (κ2) is 10.1. The molecule has 2 amide bonds. The maximum Gasteiger partial charge on any atom is 0.337 e. The van der Waals surface area contributed by atoms with E-state index in [1.165, 1.54) is 12.4 Å². The van der Waals surface area contributed by atoms with Crippen LogP contribution < -0.4 is 5.32 Å². The first-order valence-corrected chi connectivity index (χ1v) is 13.2. The quantitative estimate of drug-likeness (QED) is 0.336. The number of aromatic amines is 1. The molecule has 3 N–H and O–H groups in total. The second-order valence-corrected chi connectivity index (χ2v) is 10.6. The van der Waals surface area contributed by atoms with Crippen LogP contribution in [0.15, 0.2) is 49.2 Å². The van der Waals surface area contributed by atoms with Crippen LogP contribution in [0.1, 0.15) is 35.2 Å². The van der Waals surface area contributed by atoms with Gasteiger partial charge in [0.15, 0.2) is 0 Å². The number of fused-ring (bicyclic) bond motifs is 1. The Hall–Kier alpha value is -4.76. The molecule has 0 bridgehead atoms. The van der Waals surface area contributed by atoms with Crippen molar-refractivity contribution in [2.45, 2.75) is 37.8 Å². The number of rotatable bonds is 6. The first-order chi connectivity index (χ1) is 19.4. The molecule has 2 aliphatic rings. The van der Waals surface area contributed by atoms with Crippen molar-refractivity contribution in [2.75, 3.05) is 31.5 Å². The number of aromatic carboxylic acids is 1. The van der Waals surface area contributed by atoms with Crippen molar-refractivity contribution in [2.24, 2.45) is 0 Å². The molecule has 0 spiro atoms. The summed E-state index contributed by atoms with van der Waals surface area (Å²) >= 11 is 0. The number of nitrogens with one attached hydrogen (secondary N) is 2. The number of nitriles is 1. The Balaban J connectivity index is 1.09. The summed E-state index contributed by atoms with van der Waals surface area (Å²) in [5.41, 5.74) is 3.15. The highest BCUT2D eigenvalue weighted by molar-refractivity contribution is 6.01. The third kappa shape index (κ3) is 4.44. The van der Waals surface area contributed by atoms with Gasteiger partial charge in [0, 0.05) is 55.6 Å². The Kier molecular flexibility index (Phi) is 6.43. The molecule has 0 saturated carbocycles. The van der Waals surface area contributed by atoms with Crippen LogP contribution in [0.2, 0.25) is 0 Å². The summed E-state index contributed by atoms with van der Waals surface area (Å²) in [4.78, 5) is 40.5. The largest absolute Gasteiger partial charge is 0.478 e. The third-order valence-corrected chi connectivity index (χ3v) is 8.10. The normalized spacial score (nSPS) is 17.4. The van der Waals surface area contributed by atoms with Crippen LogP contribution in [0.5, 0.6) is 0 Å². The third-order valence-electron chi connectivity index (χ3n) is 8.10. The zero-order valence-corrected chi connectivity index (χ0v) is 22.0. The highest BCUT2D eigenvalue weighted by atomic mass is 16.4. The number of amides is 2. The van der Waals surface area contributed by atoms with Crippen molar-refractivity contribution in [3.63, 3.8) is 0 Å². The number of carbonyl (C=O) groups excluding carboxylic acids is 1. The zero-order chi connectivity index (χ0) is 27.9. The number of anilines is 1. The summed E-state index contributed by atoms with van der Waals surface area (Å²) in [6.45, 7) is 4.32. The molecular weight excluding hydrogens is 510 g/mol. The number of para-hydroxylation sites is 1. The Morgan fingerprint density at radius 2 is 2.02 bits per heavy atom. The van der Waals surface area contributed by atoms with Crippen LogP contribution in [0.4, 0.5) is 10.5 Å². The lowest BCUT2D eigenvalue weighted by atomic mass is 9.84. The monoisotopic (exact) mass is 539 g/mol. The van der Waals surface area contributed by atoms with Gasteiger partial charge in [-0.05, 0) is 37.5 Å². The van der Waals surface area contributed by atoms with E-state index in [1.807, 2.05) is 23.1 Å². The number of piperidine rings is 1. The van der Waals surface area contributed by atoms with Crippen molar-refractivity contribution in [1.29, 1.82) is 5.26 Å². The minimum atomic E-state index is -1.07. The van der Waals surface area contributed by atoms with Crippen LogP contribution in [0.3, 0.4) is 0 Å². The van der Waals surface area contributed by atoms with Crippen molar-refractivity contribution in [3.05, 3.63) is 60.3 Å². The molecule has 0 radical (unpaired) electrons. The molecule has 6 rings (SSSR count). The molecule has 2 fully saturated rings. The average Bonchev–Trinajstić information content (AvgIpc) is 3.62. The number of aryl methyl sites for hydroxylation is 1. The van der Waals surface area contributed by atoms with E-state index in [-0.39, 0.29) is 11.6 Å². The summed E-state index contributed by atoms with van der Waals surface area (Å²) in [7, 11) is 0. The molecule has 0 aliphatic carbocycles. The molecule has 204 valence electrons. The van der Waals surface area contributed by atoms with E-state index < -0.39 is 11.5 Å². The fraction of sp³-hybridized carbons (Fsp3) is 0.357. The summed E-state index contributed by atoms with van der Waals surface area (Å²) in [6.07, 6.45) is 9.06. The van der Waals surface area contributed by atoms with Gasteiger partial charge < -0.3 is 20.3 Å². The predicted molar refractivity (Wildman–Crippen MR) is 147 cm³/mol. The van der Waals surface area contributed by atoms with Crippen molar-refractivity contribution < 1.29 is 14.7 Å². The Morgan fingerprint density at radius 3 is 2.77 bits per heavy atom. The molecule has 2 saturated heterocycles. The van der Waals surface area contributed by atoms with Crippen LogP contribution in [-0.4, -0.2) is 83.9 Å². The van der Waals surface area contributed by atoms with Crippen molar-refractivity contribution in [1.82, 2.24) is 34.5 Å². The van der Waals surface area contributed by atoms with E-state index in [2.05, 4.69) is 36.3 Å². The summed E-state index contributed by atoms with van der Waals surface area (Å²) in [5, 5.41) is 27.5. The van der Waals surface area contributed by atoms with Gasteiger partial charge >= 0.3 is 12.0 Å². The van der Waals surface area contributed by atoms with Gasteiger partial charge in [-0.1, -0.05) is 12.1 Å². The lowest BCUT2D eigenvalue weighted by Gasteiger charge is -2.53. The topological polar surface area (TPSA) is 156 Å². The number of H-pyrrole nitrogens is 1. The molecule has 3 aromatic heterocycles. The fourth-order valence-electron chi connectivity index (χ4n) is 5.89. The zero-order valence-electron chi connectivity index (χ0n) is 22.0. The lowest BCUT2D eigenvalue weighted by molar-refractivity contribution is -0.0399. The number of urea groups is 1. The smallest absolute Gasteiger partial charge is 0.337 e. The highest BCUT2D eigenvalue weighted by Gasteiger charge is 2.48. The van der Waals surface area contributed by atoms with Crippen LogP contribution in [-0.2, 0) is 5.54 Å². The molecular formula is C28H29N9O3. The number of hydrogen-bond acceptors (Lipinski definition) is 7. The van der Waals surface area contributed by atoms with E-state index in [1.54, 1.807) is 30.2 Å². The first kappa shape index (κ1) is 25.5. The first-order valence-electron chi connectivity index (χ1n) is 13.2. The van der Waals surface area contributed by atoms with E-state index >= 15 is 0 Å². The minimum absolute atomic E-state index is 0.0802. The van der Waals surface area contributed by atoms with Crippen LogP contribution in [0, 0.1) is 18.3 Å². The van der Waals surface area contributed by atoms with E-state index in [0.717, 1.165) is 35.1 Å². The van der Waals surface area contributed by atoms with Crippen LogP contribution in [0.25, 0.3) is 22.3 Å². The molecule has 5 heterocycles. The van der Waals surface area contributed by atoms with Gasteiger partial charge in [-0.25, -0.2) is 19.6 Å². The van der Waals surface area contributed by atoms with Gasteiger partial charge in [0.2, 0.25) is 0 Å². The van der Waals surface area contributed by atoms with Gasteiger partial charge in [-0.15, -0.1) is 0 Å². The van der Waals surface area contributed by atoms with Crippen molar-refractivity contribution in [3.8, 4) is 17.3 Å². The van der Waals surface area contributed by atoms with E-state index in [4.69, 9.17) is 0 Å². The predicted octanol–water partition coefficient (Wildman–Crippen LogP) is 3.45. The van der Waals surface area contributed by atoms with Gasteiger partial charge in [0.25, 0.3) is 0 Å². The minimum Gasteiger partial charge on any atom is -0.478 e. The average molecular weight is 540 g/mol. The number of carbonyl (C=O) groups is 2. The van der Waals surface area contributed by atoms with E-state index in [0.29, 0.717) is 49.9 Å². The van der Waals surface area contributed by atoms with Gasteiger partial charge in [-0.3, -0.25) is 9.58 Å². The summed E-state index contributed by atoms with van der Waals surface area (Å²) in [5.74, 6) is -1.07. The van der Waals surface area contributed by atoms with Gasteiger partial charge in [0.05, 0.1) is 35.6 Å². The molecule has 12 heteroatoms. The number of carboxylic acids is 1. The van der Waals surface area contributed by atoms with Gasteiger partial charge in [-0.2, -0.15) is 10.4 Å². The molecule has 4 aromatic rings. The van der Waals surface area contributed by atoms with Crippen LogP contribution >= 0.6 is 0 Å². The highest BCUT2D eigenvalue weighted by Crippen LogP contribution is 2.37. The standard InChI is InChI=1S/C28H29N9O3/c1-18-3-2-4-22(26(38)39)23(18)34-27(40)35-11-6-20(7-12-35)36-15-28(16-36,8-9-29)37-14-19(13-33-37)24-21-5-10-30-25(21)32-17-31-24/h2-5,10,13-14,17,20H,6-8,11-12,15-16H2,1H3,(H,34,40)(H,38,39)(H,30,31,32). The lowest BCUT2D eigenvalue weighted by Crippen LogP contribution is -2.66. The maximum absolute atomic E-state index is 13.0. The Morgan fingerprint density at radius 1 is 1.23 bits per heavy atom. The fourth-order valence-corrected chi connectivity index (χ4v) is 5.89. The number of aromatic nitrogens is 5. The van der Waals surface area contributed by atoms with Gasteiger partial charge in [0.1, 0.15) is 17.5 Å². The summed E-state index contributed by atoms with van der Waals surface area (Å²) in [6, 6.07) is 9.23. The molecule has 0 atom stereocenters. The Labute approximate surface area is 230 Å².